The van der Waals surface area contributed by atoms with Crippen LogP contribution in [0.1, 0.15) is 10.4 Å². The van der Waals surface area contributed by atoms with Gasteiger partial charge < -0.3 is 14.7 Å². The number of carbonyl (C=O) groups is 1. The summed E-state index contributed by atoms with van der Waals surface area (Å²) >= 11 is 6.15. The molecule has 6 heteroatoms. The molecule has 0 atom stereocenters. The Morgan fingerprint density at radius 1 is 1.35 bits per heavy atom. The topological polar surface area (TPSA) is 62.7 Å². The summed E-state index contributed by atoms with van der Waals surface area (Å²) in [6.45, 7) is 2.49. The van der Waals surface area contributed by atoms with Crippen molar-refractivity contribution >= 4 is 34.2 Å². The molecule has 0 spiro atoms. The molecule has 2 aromatic rings. The highest BCUT2D eigenvalue weighted by molar-refractivity contribution is 6.35. The number of carboxylic acid groups (broad SMARTS) is 1. The van der Waals surface area contributed by atoms with Gasteiger partial charge in [-0.25, -0.2) is 4.79 Å². The smallest absolute Gasteiger partial charge is 0.339 e. The van der Waals surface area contributed by atoms with E-state index in [1.165, 1.54) is 6.20 Å². The van der Waals surface area contributed by atoms with E-state index in [1.54, 1.807) is 6.07 Å². The molecule has 104 valence electrons. The van der Waals surface area contributed by atoms with Gasteiger partial charge in [0.15, 0.2) is 0 Å². The van der Waals surface area contributed by atoms with Gasteiger partial charge >= 0.3 is 5.97 Å². The van der Waals surface area contributed by atoms with Crippen molar-refractivity contribution in [2.45, 2.75) is 0 Å². The van der Waals surface area contributed by atoms with Crippen LogP contribution in [0.5, 0.6) is 0 Å². The van der Waals surface area contributed by atoms with Crippen LogP contribution in [0.4, 0.5) is 5.69 Å². The van der Waals surface area contributed by atoms with E-state index in [1.807, 2.05) is 17.0 Å². The number of anilines is 1. The summed E-state index contributed by atoms with van der Waals surface area (Å²) < 4.78 is 5.33. The van der Waals surface area contributed by atoms with E-state index >= 15 is 0 Å². The molecule has 0 amide bonds. The molecule has 20 heavy (non-hydrogen) atoms. The van der Waals surface area contributed by atoms with Crippen molar-refractivity contribution in [3.8, 4) is 0 Å². The van der Waals surface area contributed by atoms with Gasteiger partial charge in [0.05, 0.1) is 29.4 Å². The Morgan fingerprint density at radius 3 is 2.80 bits per heavy atom. The fourth-order valence-electron chi connectivity index (χ4n) is 2.46. The first-order valence-electron chi connectivity index (χ1n) is 6.31. The highest BCUT2D eigenvalue weighted by atomic mass is 35.5. The molecule has 3 rings (SSSR count). The van der Waals surface area contributed by atoms with Gasteiger partial charge in [0.1, 0.15) is 5.56 Å². The fourth-order valence-corrected chi connectivity index (χ4v) is 2.68. The number of carboxylic acids is 1. The van der Waals surface area contributed by atoms with Gasteiger partial charge in [-0.2, -0.15) is 0 Å². The number of nitrogens with zero attached hydrogens (tertiary/aromatic N) is 2. The van der Waals surface area contributed by atoms with Crippen LogP contribution < -0.4 is 4.90 Å². The second-order valence-corrected chi connectivity index (χ2v) is 4.97. The van der Waals surface area contributed by atoms with E-state index in [0.717, 1.165) is 5.39 Å². The van der Waals surface area contributed by atoms with Crippen molar-refractivity contribution in [3.05, 3.63) is 35.0 Å². The molecule has 2 heterocycles. The minimum atomic E-state index is -0.985. The minimum absolute atomic E-state index is 0.196. The van der Waals surface area contributed by atoms with E-state index in [-0.39, 0.29) is 5.56 Å². The number of para-hydroxylation sites is 1. The summed E-state index contributed by atoms with van der Waals surface area (Å²) in [5, 5.41) is 10.7. The largest absolute Gasteiger partial charge is 0.478 e. The van der Waals surface area contributed by atoms with Gasteiger partial charge in [0, 0.05) is 24.7 Å². The van der Waals surface area contributed by atoms with Crippen molar-refractivity contribution in [2.24, 2.45) is 0 Å². The zero-order valence-corrected chi connectivity index (χ0v) is 11.4. The third-order valence-electron chi connectivity index (χ3n) is 3.38. The van der Waals surface area contributed by atoms with E-state index in [0.29, 0.717) is 42.5 Å². The van der Waals surface area contributed by atoms with Gasteiger partial charge in [-0.1, -0.05) is 23.7 Å². The van der Waals surface area contributed by atoms with Gasteiger partial charge in [0.2, 0.25) is 0 Å². The number of hydrogen-bond acceptors (Lipinski definition) is 4. The highest BCUT2D eigenvalue weighted by Crippen LogP contribution is 2.33. The molecule has 1 aliphatic heterocycles. The van der Waals surface area contributed by atoms with E-state index in [2.05, 4.69) is 4.98 Å². The van der Waals surface area contributed by atoms with Crippen molar-refractivity contribution < 1.29 is 14.6 Å². The molecule has 1 aromatic heterocycles. The first-order valence-corrected chi connectivity index (χ1v) is 6.69. The predicted molar refractivity (Wildman–Crippen MR) is 76.7 cm³/mol. The molecule has 0 aliphatic carbocycles. The second kappa shape index (κ2) is 5.26. The number of ether oxygens (including phenoxy) is 1. The number of fused-ring (bicyclic) bond motifs is 1. The Hall–Kier alpha value is -1.85. The number of morpholine rings is 1. The third-order valence-corrected chi connectivity index (χ3v) is 3.68. The van der Waals surface area contributed by atoms with Crippen LogP contribution >= 0.6 is 11.6 Å². The molecular formula is C14H13ClN2O3. The Kier molecular flexibility index (Phi) is 3.46. The molecular weight excluding hydrogens is 280 g/mol. The zero-order valence-electron chi connectivity index (χ0n) is 10.7. The van der Waals surface area contributed by atoms with Crippen molar-refractivity contribution in [1.82, 2.24) is 4.98 Å². The van der Waals surface area contributed by atoms with Crippen molar-refractivity contribution in [3.63, 3.8) is 0 Å². The molecule has 0 unspecified atom stereocenters. The first-order chi connectivity index (χ1) is 9.68. The van der Waals surface area contributed by atoms with Crippen molar-refractivity contribution in [1.29, 1.82) is 0 Å². The molecule has 1 fully saturated rings. The number of benzene rings is 1. The maximum Gasteiger partial charge on any atom is 0.339 e. The predicted octanol–water partition coefficient (Wildman–Crippen LogP) is 2.42. The number of halogens is 1. The van der Waals surface area contributed by atoms with Gasteiger partial charge in [-0.3, -0.25) is 4.98 Å². The van der Waals surface area contributed by atoms with Crippen LogP contribution in [-0.4, -0.2) is 42.4 Å². The van der Waals surface area contributed by atoms with Crippen LogP contribution in [0.15, 0.2) is 24.4 Å². The molecule has 0 saturated carbocycles. The molecule has 1 N–H and O–H groups in total. The molecule has 1 aromatic carbocycles. The number of pyridine rings is 1. The van der Waals surface area contributed by atoms with E-state index < -0.39 is 5.97 Å². The average Bonchev–Trinajstić information content (AvgIpc) is 2.47. The summed E-state index contributed by atoms with van der Waals surface area (Å²) in [7, 11) is 0. The van der Waals surface area contributed by atoms with Crippen LogP contribution in [-0.2, 0) is 4.74 Å². The number of rotatable bonds is 2. The van der Waals surface area contributed by atoms with Crippen LogP contribution in [0.2, 0.25) is 5.02 Å². The summed E-state index contributed by atoms with van der Waals surface area (Å²) in [6.07, 6.45) is 1.38. The second-order valence-electron chi connectivity index (χ2n) is 4.56. The lowest BCUT2D eigenvalue weighted by Gasteiger charge is -2.30. The van der Waals surface area contributed by atoms with E-state index in [4.69, 9.17) is 16.3 Å². The Labute approximate surface area is 120 Å². The van der Waals surface area contributed by atoms with Crippen LogP contribution in [0.25, 0.3) is 10.9 Å². The SMILES string of the molecule is O=C(O)c1cnc2c(Cl)cccc2c1N1CCOCC1. The summed E-state index contributed by atoms with van der Waals surface area (Å²) in [6, 6.07) is 5.41. The van der Waals surface area contributed by atoms with Crippen LogP contribution in [0.3, 0.4) is 0 Å². The maximum atomic E-state index is 11.5. The molecule has 0 radical (unpaired) electrons. The van der Waals surface area contributed by atoms with Crippen molar-refractivity contribution in [2.75, 3.05) is 31.2 Å². The lowest BCUT2D eigenvalue weighted by Crippen LogP contribution is -2.37. The number of aromatic carboxylic acids is 1. The average molecular weight is 293 g/mol. The zero-order chi connectivity index (χ0) is 14.1. The molecule has 0 bridgehead atoms. The summed E-state index contributed by atoms with van der Waals surface area (Å²) in [5.74, 6) is -0.985. The minimum Gasteiger partial charge on any atom is -0.478 e. The Morgan fingerprint density at radius 2 is 2.10 bits per heavy atom. The standard InChI is InChI=1S/C14H13ClN2O3/c15-11-3-1-2-9-12(11)16-8-10(14(18)19)13(9)17-4-6-20-7-5-17/h1-3,8H,4-7H2,(H,18,19). The Bertz CT molecular complexity index is 669. The highest BCUT2D eigenvalue weighted by Gasteiger charge is 2.22. The third kappa shape index (κ3) is 2.19. The van der Waals surface area contributed by atoms with E-state index in [9.17, 15) is 9.90 Å². The first kappa shape index (κ1) is 13.1. The lowest BCUT2D eigenvalue weighted by atomic mass is 10.1. The number of hydrogen-bond donors (Lipinski definition) is 1. The van der Waals surface area contributed by atoms with Gasteiger partial charge in [0.25, 0.3) is 0 Å². The molecule has 1 aliphatic rings. The molecule has 1 saturated heterocycles. The maximum absolute atomic E-state index is 11.5. The lowest BCUT2D eigenvalue weighted by molar-refractivity contribution is 0.0696. The summed E-state index contributed by atoms with van der Waals surface area (Å²) in [4.78, 5) is 17.7. The number of aromatic nitrogens is 1. The molecule has 5 nitrogen and oxygen atoms in total. The summed E-state index contributed by atoms with van der Waals surface area (Å²) in [5.41, 5.74) is 1.50. The monoisotopic (exact) mass is 292 g/mol. The van der Waals surface area contributed by atoms with Crippen LogP contribution in [0, 0.1) is 0 Å². The fraction of sp³-hybridized carbons (Fsp3) is 0.286. The normalized spacial score (nSPS) is 15.6. The quantitative estimate of drug-likeness (QED) is 0.921. The Balaban J connectivity index is 2.26. The van der Waals surface area contributed by atoms with Gasteiger partial charge in [-0.15, -0.1) is 0 Å². The van der Waals surface area contributed by atoms with Gasteiger partial charge in [-0.05, 0) is 6.07 Å².